The third-order valence-corrected chi connectivity index (χ3v) is 4.96. The zero-order valence-corrected chi connectivity index (χ0v) is 13.9. The lowest BCUT2D eigenvalue weighted by atomic mass is 9.88. The molecule has 2 aliphatic rings. The number of phenolic OH excluding ortho intramolecular Hbond substituents is 2. The van der Waals surface area contributed by atoms with Gasteiger partial charge < -0.3 is 24.8 Å². The number of rotatable bonds is 3. The first kappa shape index (κ1) is 15.8. The first-order valence-corrected chi connectivity index (χ1v) is 8.26. The number of aromatic hydroxyl groups is 2. The van der Waals surface area contributed by atoms with Gasteiger partial charge in [0.05, 0.1) is 18.6 Å². The van der Waals surface area contributed by atoms with Crippen LogP contribution >= 0.6 is 0 Å². The van der Waals surface area contributed by atoms with Gasteiger partial charge in [0, 0.05) is 29.2 Å². The Bertz CT molecular complexity index is 857. The van der Waals surface area contributed by atoms with E-state index in [1.54, 1.807) is 31.2 Å². The molecule has 0 fully saturated rings. The Labute approximate surface area is 145 Å². The summed E-state index contributed by atoms with van der Waals surface area (Å²) >= 11 is 0. The van der Waals surface area contributed by atoms with Gasteiger partial charge >= 0.3 is 0 Å². The number of ether oxygens (including phenoxy) is 2. The van der Waals surface area contributed by atoms with Crippen molar-refractivity contribution in [3.8, 4) is 23.0 Å². The van der Waals surface area contributed by atoms with Crippen LogP contribution in [0, 0.1) is 0 Å². The predicted octanol–water partition coefficient (Wildman–Crippen LogP) is 3.19. The minimum Gasteiger partial charge on any atom is -0.508 e. The highest BCUT2D eigenvalue weighted by atomic mass is 16.5. The Morgan fingerprint density at radius 1 is 1.24 bits per heavy atom. The fraction of sp³-hybridized carbons (Fsp3) is 0.300. The summed E-state index contributed by atoms with van der Waals surface area (Å²) in [7, 11) is 0. The first-order chi connectivity index (χ1) is 12.0. The van der Waals surface area contributed by atoms with Crippen LogP contribution in [-0.4, -0.2) is 28.0 Å². The molecule has 2 aromatic rings. The largest absolute Gasteiger partial charge is 0.508 e. The molecule has 0 saturated heterocycles. The molecule has 0 unspecified atom stereocenters. The Morgan fingerprint density at radius 3 is 2.76 bits per heavy atom. The second-order valence-corrected chi connectivity index (χ2v) is 6.73. The van der Waals surface area contributed by atoms with Gasteiger partial charge in [0.1, 0.15) is 29.1 Å². The lowest BCUT2D eigenvalue weighted by Crippen LogP contribution is -2.23. The molecule has 3 atom stereocenters. The van der Waals surface area contributed by atoms with Crippen molar-refractivity contribution in [2.75, 3.05) is 6.61 Å². The van der Waals surface area contributed by atoms with Crippen LogP contribution in [0.25, 0.3) is 0 Å². The monoisotopic (exact) mass is 340 g/mol. The lowest BCUT2D eigenvalue weighted by Gasteiger charge is -2.27. The van der Waals surface area contributed by atoms with E-state index >= 15 is 0 Å². The van der Waals surface area contributed by atoms with Crippen LogP contribution in [0.2, 0.25) is 0 Å². The molecule has 0 radical (unpaired) electrons. The summed E-state index contributed by atoms with van der Waals surface area (Å²) < 4.78 is 12.0. The van der Waals surface area contributed by atoms with E-state index in [1.807, 2.05) is 6.07 Å². The number of fused-ring (bicyclic) bond motifs is 5. The molecule has 25 heavy (non-hydrogen) atoms. The summed E-state index contributed by atoms with van der Waals surface area (Å²) in [5.41, 5.74) is 3.06. The highest BCUT2D eigenvalue weighted by Gasteiger charge is 2.42. The molecule has 0 aliphatic carbocycles. The third kappa shape index (κ3) is 2.51. The minimum atomic E-state index is -0.746. The second kappa shape index (κ2) is 5.70. The van der Waals surface area contributed by atoms with Gasteiger partial charge in [-0.05, 0) is 25.1 Å². The van der Waals surface area contributed by atoms with E-state index in [9.17, 15) is 15.3 Å². The van der Waals surface area contributed by atoms with Gasteiger partial charge in [0.15, 0.2) is 0 Å². The summed E-state index contributed by atoms with van der Waals surface area (Å²) in [6.07, 6.45) is -0.737. The van der Waals surface area contributed by atoms with E-state index in [4.69, 9.17) is 9.47 Å². The molecule has 5 heteroatoms. The van der Waals surface area contributed by atoms with Crippen molar-refractivity contribution >= 4 is 0 Å². The highest BCUT2D eigenvalue weighted by molar-refractivity contribution is 5.57. The molecule has 2 aromatic carbocycles. The number of hydrogen-bond donors (Lipinski definition) is 3. The van der Waals surface area contributed by atoms with Crippen molar-refractivity contribution in [2.24, 2.45) is 0 Å². The average Bonchev–Trinajstić information content (AvgIpc) is 2.95. The zero-order valence-electron chi connectivity index (χ0n) is 13.9. The molecule has 0 aromatic heterocycles. The van der Waals surface area contributed by atoms with Gasteiger partial charge in [0.2, 0.25) is 0 Å². The molecule has 3 N–H and O–H groups in total. The van der Waals surface area contributed by atoms with E-state index < -0.39 is 6.10 Å². The molecule has 4 rings (SSSR count). The average molecular weight is 340 g/mol. The Balaban J connectivity index is 1.75. The van der Waals surface area contributed by atoms with E-state index in [2.05, 4.69) is 6.58 Å². The molecule has 2 heterocycles. The summed E-state index contributed by atoms with van der Waals surface area (Å²) in [6, 6.07) is 8.48. The molecular formula is C20H20O5. The Morgan fingerprint density at radius 2 is 2.00 bits per heavy atom. The summed E-state index contributed by atoms with van der Waals surface area (Å²) in [5, 5.41) is 30.1. The summed E-state index contributed by atoms with van der Waals surface area (Å²) in [6.45, 7) is 5.95. The normalized spacial score (nSPS) is 21.4. The number of aliphatic hydroxyl groups excluding tert-OH is 1. The van der Waals surface area contributed by atoms with Crippen molar-refractivity contribution in [3.63, 3.8) is 0 Å². The fourth-order valence-corrected chi connectivity index (χ4v) is 3.52. The van der Waals surface area contributed by atoms with E-state index in [1.165, 1.54) is 0 Å². The maximum Gasteiger partial charge on any atom is 0.138 e. The van der Waals surface area contributed by atoms with Crippen LogP contribution in [0.5, 0.6) is 23.0 Å². The molecular weight excluding hydrogens is 320 g/mol. The topological polar surface area (TPSA) is 79.2 Å². The van der Waals surface area contributed by atoms with Crippen molar-refractivity contribution in [2.45, 2.75) is 31.5 Å². The fourth-order valence-electron chi connectivity index (χ4n) is 3.52. The number of aliphatic hydroxyl groups is 1. The molecule has 0 amide bonds. The first-order valence-electron chi connectivity index (χ1n) is 8.26. The van der Waals surface area contributed by atoms with Crippen molar-refractivity contribution < 1.29 is 24.8 Å². The van der Waals surface area contributed by atoms with Crippen molar-refractivity contribution in [1.82, 2.24) is 0 Å². The maximum absolute atomic E-state index is 10.3. The minimum absolute atomic E-state index is 0.00774. The Kier molecular flexibility index (Phi) is 3.62. The zero-order chi connectivity index (χ0) is 17.7. The molecule has 130 valence electrons. The molecule has 5 nitrogen and oxygen atoms in total. The van der Waals surface area contributed by atoms with Crippen LogP contribution < -0.4 is 9.47 Å². The number of hydrogen-bond acceptors (Lipinski definition) is 5. The summed E-state index contributed by atoms with van der Waals surface area (Å²) in [4.78, 5) is 0. The van der Waals surface area contributed by atoms with Crippen molar-refractivity contribution in [1.29, 1.82) is 0 Å². The third-order valence-electron chi connectivity index (χ3n) is 4.96. The Hall–Kier alpha value is -2.66. The van der Waals surface area contributed by atoms with Gasteiger partial charge in [-0.25, -0.2) is 0 Å². The smallest absolute Gasteiger partial charge is 0.138 e. The van der Waals surface area contributed by atoms with Crippen LogP contribution in [-0.2, 0) is 6.42 Å². The van der Waals surface area contributed by atoms with Crippen LogP contribution in [0.1, 0.15) is 35.6 Å². The van der Waals surface area contributed by atoms with E-state index in [0.717, 1.165) is 11.1 Å². The molecule has 2 aliphatic heterocycles. The van der Waals surface area contributed by atoms with Crippen molar-refractivity contribution in [3.05, 3.63) is 59.2 Å². The van der Waals surface area contributed by atoms with Gasteiger partial charge in [-0.2, -0.15) is 0 Å². The lowest BCUT2D eigenvalue weighted by molar-refractivity contribution is 0.137. The number of phenols is 2. The quantitative estimate of drug-likeness (QED) is 0.748. The molecule has 0 spiro atoms. The van der Waals surface area contributed by atoms with Gasteiger partial charge in [-0.15, -0.1) is 0 Å². The SMILES string of the molecule is C=C(C)[C@H](O)Cc1c(O)ccc2c1O[C@H]1c3ccc(O)cc3OC[C@@H]21. The number of benzene rings is 2. The highest BCUT2D eigenvalue weighted by Crippen LogP contribution is 2.53. The maximum atomic E-state index is 10.3. The van der Waals surface area contributed by atoms with Gasteiger partial charge in [-0.1, -0.05) is 18.2 Å². The second-order valence-electron chi connectivity index (χ2n) is 6.73. The molecule has 0 bridgehead atoms. The van der Waals surface area contributed by atoms with E-state index in [-0.39, 0.29) is 29.9 Å². The summed E-state index contributed by atoms with van der Waals surface area (Å²) in [5.74, 6) is 1.48. The van der Waals surface area contributed by atoms with Crippen LogP contribution in [0.3, 0.4) is 0 Å². The van der Waals surface area contributed by atoms with Crippen LogP contribution in [0.4, 0.5) is 0 Å². The molecule has 0 saturated carbocycles. The van der Waals surface area contributed by atoms with Gasteiger partial charge in [0.25, 0.3) is 0 Å². The van der Waals surface area contributed by atoms with Gasteiger partial charge in [-0.3, -0.25) is 0 Å². The van der Waals surface area contributed by atoms with Crippen LogP contribution in [0.15, 0.2) is 42.5 Å². The van der Waals surface area contributed by atoms with E-state index in [0.29, 0.717) is 29.2 Å². The predicted molar refractivity (Wildman–Crippen MR) is 92.3 cm³/mol. The standard InChI is InChI=1S/C20H20O5/c1-10(2)17(23)8-14-16(22)6-5-12-15-9-24-18-7-11(21)3-4-13(18)20(15)25-19(12)14/h3-7,15,17,20-23H,1,8-9H2,2H3/t15-,17+,20-/m0/s1.